The molecule has 0 spiro atoms. The molecule has 4 aliphatic carbocycles. The minimum atomic E-state index is -1.27. The minimum absolute atomic E-state index is 0. The van der Waals surface area contributed by atoms with Gasteiger partial charge < -0.3 is 14.9 Å². The molecule has 36 heavy (non-hydrogen) atoms. The second-order valence-electron chi connectivity index (χ2n) is 14.7. The molecular formula is C31H62Cl2Si2Zr. The van der Waals surface area contributed by atoms with Crippen LogP contribution in [0.25, 0.3) is 0 Å². The van der Waals surface area contributed by atoms with Gasteiger partial charge in [-0.05, 0) is 90.5 Å². The van der Waals surface area contributed by atoms with Crippen LogP contribution in [0.4, 0.5) is 0 Å². The van der Waals surface area contributed by atoms with Crippen molar-refractivity contribution in [2.45, 2.75) is 136 Å². The molecule has 0 aromatic rings. The van der Waals surface area contributed by atoms with Crippen LogP contribution in [-0.4, -0.2) is 15.2 Å². The van der Waals surface area contributed by atoms with E-state index in [1.807, 2.05) is 0 Å². The van der Waals surface area contributed by atoms with Gasteiger partial charge in [0.1, 0.15) is 0 Å². The standard InChI is InChI=1S/C29H56Si2.2CH3.2ClH.Zr/c1-20(2)17-21(3)27-19-29(26-16-12-10-14-24(26)27)31(7,8)30(5,6)28-18-22(4)23-13-9-11-15-25(23)28;;;;;/h20-29H,9-19H2,1-8H3;2*1H3;2*1H;/q;2*-1;;;+4/p-2. The van der Waals surface area contributed by atoms with Crippen LogP contribution in [0.1, 0.15) is 98.3 Å². The molecule has 0 amide bonds. The van der Waals surface area contributed by atoms with E-state index in [0.717, 1.165) is 58.4 Å². The molecule has 0 bridgehead atoms. The molecule has 0 radical (unpaired) electrons. The van der Waals surface area contributed by atoms with Crippen LogP contribution in [0.15, 0.2) is 0 Å². The average molecular weight is 653 g/mol. The molecule has 9 unspecified atom stereocenters. The van der Waals surface area contributed by atoms with Gasteiger partial charge in [-0.25, -0.2) is 0 Å². The molecule has 0 aromatic heterocycles. The fraction of sp³-hybridized carbons (Fsp3) is 0.935. The SMILES string of the molecule is CC(C)CC(C)C1CC([Si](C)(C)[Si](C)(C)C2CC(C)C3CCCCC32)C2CCCCC12.[CH3-].[CH3-].[Cl][Zr+2][Cl]. The molecule has 4 aliphatic rings. The summed E-state index contributed by atoms with van der Waals surface area (Å²) >= 11 is -0.826. The molecule has 0 heterocycles. The fourth-order valence-corrected chi connectivity index (χ4v) is 24.6. The second kappa shape index (κ2) is 15.2. The van der Waals surface area contributed by atoms with Gasteiger partial charge in [0, 0.05) is 15.2 Å². The zero-order valence-corrected chi connectivity index (χ0v) is 31.8. The van der Waals surface area contributed by atoms with E-state index in [4.69, 9.17) is 17.0 Å². The topological polar surface area (TPSA) is 0 Å². The molecule has 0 aromatic carbocycles. The average Bonchev–Trinajstić information content (AvgIpc) is 3.33. The summed E-state index contributed by atoms with van der Waals surface area (Å²) in [7, 11) is 7.36. The third-order valence-corrected chi connectivity index (χ3v) is 32.9. The van der Waals surface area contributed by atoms with Crippen molar-refractivity contribution in [2.24, 2.45) is 47.3 Å². The van der Waals surface area contributed by atoms with Crippen molar-refractivity contribution in [1.82, 2.24) is 0 Å². The number of hydrogen-bond donors (Lipinski definition) is 0. The van der Waals surface area contributed by atoms with Crippen molar-refractivity contribution in [3.8, 4) is 0 Å². The first-order chi connectivity index (χ1) is 16.0. The molecule has 0 nitrogen and oxygen atoms in total. The van der Waals surface area contributed by atoms with Crippen molar-refractivity contribution in [1.29, 1.82) is 0 Å². The summed E-state index contributed by atoms with van der Waals surface area (Å²) in [5.74, 6) is 8.33. The van der Waals surface area contributed by atoms with Gasteiger partial charge in [0.25, 0.3) is 0 Å². The quantitative estimate of drug-likeness (QED) is 0.198. The van der Waals surface area contributed by atoms with Gasteiger partial charge in [-0.3, -0.25) is 0 Å². The molecule has 5 heteroatoms. The van der Waals surface area contributed by atoms with Crippen LogP contribution in [0.3, 0.4) is 0 Å². The van der Waals surface area contributed by atoms with Crippen molar-refractivity contribution < 1.29 is 20.8 Å². The summed E-state index contributed by atoms with van der Waals surface area (Å²) in [5, 5.41) is 0. The number of halogens is 2. The normalized spacial score (nSPS) is 36.9. The predicted octanol–water partition coefficient (Wildman–Crippen LogP) is 11.9. The Balaban J connectivity index is 0.00000123. The number of hydrogen-bond acceptors (Lipinski definition) is 0. The fourth-order valence-electron chi connectivity index (χ4n) is 10.2. The summed E-state index contributed by atoms with van der Waals surface area (Å²) < 4.78 is 0. The number of fused-ring (bicyclic) bond motifs is 2. The Morgan fingerprint density at radius 3 is 1.56 bits per heavy atom. The molecule has 212 valence electrons. The Hall–Kier alpha value is 1.90. The molecular weight excluding hydrogens is 591 g/mol. The van der Waals surface area contributed by atoms with Crippen molar-refractivity contribution >= 4 is 32.2 Å². The van der Waals surface area contributed by atoms with Crippen LogP contribution in [-0.2, 0) is 20.8 Å². The van der Waals surface area contributed by atoms with Crippen molar-refractivity contribution in [3.05, 3.63) is 14.9 Å². The Morgan fingerprint density at radius 1 is 0.694 bits per heavy atom. The third-order valence-electron chi connectivity index (χ3n) is 12.3. The Bertz CT molecular complexity index is 640. The molecule has 0 saturated heterocycles. The van der Waals surface area contributed by atoms with Gasteiger partial charge in [-0.1, -0.05) is 92.4 Å². The summed E-state index contributed by atoms with van der Waals surface area (Å²) in [4.78, 5) is 0. The first-order valence-corrected chi connectivity index (χ1v) is 28.4. The maximum atomic E-state index is 4.93. The van der Waals surface area contributed by atoms with Crippen molar-refractivity contribution in [2.75, 3.05) is 0 Å². The van der Waals surface area contributed by atoms with Crippen LogP contribution in [0.5, 0.6) is 0 Å². The first kappa shape index (κ1) is 35.9. The van der Waals surface area contributed by atoms with E-state index in [1.165, 1.54) is 19.3 Å². The van der Waals surface area contributed by atoms with Gasteiger partial charge in [0.2, 0.25) is 0 Å². The summed E-state index contributed by atoms with van der Waals surface area (Å²) in [6.45, 7) is 21.9. The van der Waals surface area contributed by atoms with E-state index in [2.05, 4.69) is 53.9 Å². The Labute approximate surface area is 249 Å². The van der Waals surface area contributed by atoms with Crippen LogP contribution >= 0.6 is 17.0 Å². The second-order valence-corrected chi connectivity index (χ2v) is 34.5. The molecule has 4 saturated carbocycles. The first-order valence-electron chi connectivity index (χ1n) is 14.9. The molecule has 0 N–H and O–H groups in total. The molecule has 4 fully saturated rings. The van der Waals surface area contributed by atoms with Gasteiger partial charge in [0.05, 0.1) is 0 Å². The Kier molecular flexibility index (Phi) is 15.2. The van der Waals surface area contributed by atoms with Crippen LogP contribution in [0, 0.1) is 62.2 Å². The molecule has 0 aliphatic heterocycles. The van der Waals surface area contributed by atoms with E-state index in [0.29, 0.717) is 0 Å². The van der Waals surface area contributed by atoms with Gasteiger partial charge >= 0.3 is 37.9 Å². The monoisotopic (exact) mass is 650 g/mol. The maximum absolute atomic E-state index is 4.93. The molecule has 4 rings (SSSR count). The van der Waals surface area contributed by atoms with Crippen LogP contribution in [0.2, 0.25) is 37.3 Å². The van der Waals surface area contributed by atoms with E-state index < -0.39 is 36.0 Å². The zero-order chi connectivity index (χ0) is 25.3. The van der Waals surface area contributed by atoms with Crippen molar-refractivity contribution in [3.63, 3.8) is 0 Å². The van der Waals surface area contributed by atoms with E-state index in [1.54, 1.807) is 51.4 Å². The van der Waals surface area contributed by atoms with Crippen LogP contribution < -0.4 is 0 Å². The summed E-state index contributed by atoms with van der Waals surface area (Å²) in [6, 6.07) is 0. The van der Waals surface area contributed by atoms with Gasteiger partial charge in [-0.15, -0.1) is 0 Å². The summed E-state index contributed by atoms with van der Waals surface area (Å²) in [6.07, 6.45) is 17.2. The summed E-state index contributed by atoms with van der Waals surface area (Å²) in [5.41, 5.74) is 2.31. The van der Waals surface area contributed by atoms with E-state index in [-0.39, 0.29) is 14.9 Å². The van der Waals surface area contributed by atoms with E-state index in [9.17, 15) is 0 Å². The van der Waals surface area contributed by atoms with Gasteiger partial charge in [-0.2, -0.15) is 0 Å². The zero-order valence-electron chi connectivity index (χ0n) is 25.8. The third kappa shape index (κ3) is 7.39. The Morgan fingerprint density at radius 2 is 1.08 bits per heavy atom. The molecule has 9 atom stereocenters. The number of rotatable bonds is 6. The van der Waals surface area contributed by atoms with E-state index >= 15 is 0 Å². The van der Waals surface area contributed by atoms with Gasteiger partial charge in [0.15, 0.2) is 0 Å². The predicted molar refractivity (Wildman–Crippen MR) is 168 cm³/mol.